The first kappa shape index (κ1) is 11.7. The summed E-state index contributed by atoms with van der Waals surface area (Å²) in [7, 11) is 1.78. The van der Waals surface area contributed by atoms with Gasteiger partial charge in [0.25, 0.3) is 0 Å². The highest BCUT2D eigenvalue weighted by atomic mass is 16.2. The van der Waals surface area contributed by atoms with Gasteiger partial charge in [0, 0.05) is 0 Å². The van der Waals surface area contributed by atoms with Gasteiger partial charge in [-0.2, -0.15) is 0 Å². The summed E-state index contributed by atoms with van der Waals surface area (Å²) in [5.74, 6) is 0.0221. The number of carbonyl (C=O) groups is 1. The van der Waals surface area contributed by atoms with Gasteiger partial charge in [0.2, 0.25) is 5.91 Å². The van der Waals surface area contributed by atoms with Crippen LogP contribution < -0.4 is 10.6 Å². The molecule has 0 aliphatic carbocycles. The SMILES string of the molecule is CNC(C)C(=O)N[C@@H](C)c1ccccc1. The highest BCUT2D eigenvalue weighted by Gasteiger charge is 2.13. The van der Waals surface area contributed by atoms with E-state index in [2.05, 4.69) is 10.6 Å². The van der Waals surface area contributed by atoms with Crippen LogP contribution in [0.3, 0.4) is 0 Å². The molecule has 0 radical (unpaired) electrons. The molecule has 0 heterocycles. The summed E-state index contributed by atoms with van der Waals surface area (Å²) in [5.41, 5.74) is 1.12. The quantitative estimate of drug-likeness (QED) is 0.783. The van der Waals surface area contributed by atoms with Crippen LogP contribution in [0.15, 0.2) is 30.3 Å². The molecule has 0 spiro atoms. The lowest BCUT2D eigenvalue weighted by Crippen LogP contribution is -2.41. The van der Waals surface area contributed by atoms with Crippen LogP contribution in [0, 0.1) is 0 Å². The van der Waals surface area contributed by atoms with Crippen LogP contribution in [0.5, 0.6) is 0 Å². The normalized spacial score (nSPS) is 14.3. The Morgan fingerprint density at radius 3 is 2.33 bits per heavy atom. The van der Waals surface area contributed by atoms with Crippen molar-refractivity contribution < 1.29 is 4.79 Å². The molecule has 0 saturated heterocycles. The molecular formula is C12H18N2O. The van der Waals surface area contributed by atoms with E-state index in [1.54, 1.807) is 7.05 Å². The maximum Gasteiger partial charge on any atom is 0.237 e. The van der Waals surface area contributed by atoms with E-state index >= 15 is 0 Å². The lowest BCUT2D eigenvalue weighted by atomic mass is 10.1. The number of nitrogens with one attached hydrogen (secondary N) is 2. The highest BCUT2D eigenvalue weighted by Crippen LogP contribution is 2.10. The molecule has 3 nitrogen and oxygen atoms in total. The fourth-order valence-electron chi connectivity index (χ4n) is 1.29. The summed E-state index contributed by atoms with van der Waals surface area (Å²) in [5, 5.41) is 5.85. The van der Waals surface area contributed by atoms with Gasteiger partial charge in [-0.1, -0.05) is 30.3 Å². The zero-order chi connectivity index (χ0) is 11.3. The minimum Gasteiger partial charge on any atom is -0.348 e. The van der Waals surface area contributed by atoms with Gasteiger partial charge in [-0.3, -0.25) is 4.79 Å². The smallest absolute Gasteiger partial charge is 0.237 e. The van der Waals surface area contributed by atoms with Gasteiger partial charge in [0.05, 0.1) is 12.1 Å². The van der Waals surface area contributed by atoms with E-state index in [9.17, 15) is 4.79 Å². The second kappa shape index (κ2) is 5.51. The van der Waals surface area contributed by atoms with Crippen molar-refractivity contribution in [1.82, 2.24) is 10.6 Å². The van der Waals surface area contributed by atoms with Gasteiger partial charge in [0.1, 0.15) is 0 Å². The van der Waals surface area contributed by atoms with E-state index in [-0.39, 0.29) is 18.0 Å². The zero-order valence-corrected chi connectivity index (χ0v) is 9.45. The first-order valence-electron chi connectivity index (χ1n) is 5.17. The van der Waals surface area contributed by atoms with E-state index in [4.69, 9.17) is 0 Å². The Bertz CT molecular complexity index is 311. The van der Waals surface area contributed by atoms with Crippen molar-refractivity contribution in [3.63, 3.8) is 0 Å². The third-order valence-electron chi connectivity index (χ3n) is 2.48. The van der Waals surface area contributed by atoms with Crippen LogP contribution in [0.2, 0.25) is 0 Å². The predicted octanol–water partition coefficient (Wildman–Crippen LogP) is 1.47. The fourth-order valence-corrected chi connectivity index (χ4v) is 1.29. The van der Waals surface area contributed by atoms with Gasteiger partial charge >= 0.3 is 0 Å². The fraction of sp³-hybridized carbons (Fsp3) is 0.417. The van der Waals surface area contributed by atoms with Crippen molar-refractivity contribution in [2.24, 2.45) is 0 Å². The Balaban J connectivity index is 2.56. The van der Waals surface area contributed by atoms with E-state index in [0.29, 0.717) is 0 Å². The molecule has 0 bridgehead atoms. The van der Waals surface area contributed by atoms with Crippen LogP contribution in [-0.4, -0.2) is 19.0 Å². The molecule has 1 unspecified atom stereocenters. The maximum absolute atomic E-state index is 11.6. The molecule has 0 aliphatic rings. The minimum atomic E-state index is -0.156. The average Bonchev–Trinajstić information content (AvgIpc) is 2.29. The monoisotopic (exact) mass is 206 g/mol. The number of benzene rings is 1. The lowest BCUT2D eigenvalue weighted by Gasteiger charge is -2.17. The number of hydrogen-bond acceptors (Lipinski definition) is 2. The van der Waals surface area contributed by atoms with Crippen LogP contribution in [0.4, 0.5) is 0 Å². The number of carbonyl (C=O) groups excluding carboxylic acids is 1. The molecule has 1 aromatic carbocycles. The molecule has 2 N–H and O–H groups in total. The second-order valence-corrected chi connectivity index (χ2v) is 3.65. The zero-order valence-electron chi connectivity index (χ0n) is 9.45. The molecule has 0 aromatic heterocycles. The Labute approximate surface area is 90.9 Å². The summed E-state index contributed by atoms with van der Waals surface area (Å²) in [6, 6.07) is 9.82. The summed E-state index contributed by atoms with van der Waals surface area (Å²) < 4.78 is 0. The van der Waals surface area contributed by atoms with Gasteiger partial charge in [-0.25, -0.2) is 0 Å². The summed E-state index contributed by atoms with van der Waals surface area (Å²) >= 11 is 0. The minimum absolute atomic E-state index is 0.0221. The van der Waals surface area contributed by atoms with Gasteiger partial charge in [0.15, 0.2) is 0 Å². The molecule has 1 aromatic rings. The van der Waals surface area contributed by atoms with Crippen molar-refractivity contribution in [3.05, 3.63) is 35.9 Å². The number of hydrogen-bond donors (Lipinski definition) is 2. The van der Waals surface area contributed by atoms with E-state index in [1.807, 2.05) is 44.2 Å². The van der Waals surface area contributed by atoms with Crippen LogP contribution in [0.25, 0.3) is 0 Å². The molecule has 82 valence electrons. The van der Waals surface area contributed by atoms with Crippen molar-refractivity contribution in [2.75, 3.05) is 7.05 Å². The topological polar surface area (TPSA) is 41.1 Å². The first-order chi connectivity index (χ1) is 7.15. The van der Waals surface area contributed by atoms with Crippen molar-refractivity contribution in [3.8, 4) is 0 Å². The van der Waals surface area contributed by atoms with Crippen molar-refractivity contribution >= 4 is 5.91 Å². The van der Waals surface area contributed by atoms with Gasteiger partial charge in [-0.05, 0) is 26.5 Å². The first-order valence-corrected chi connectivity index (χ1v) is 5.17. The molecule has 0 saturated carbocycles. The molecule has 0 fully saturated rings. The molecule has 3 heteroatoms. The van der Waals surface area contributed by atoms with Gasteiger partial charge < -0.3 is 10.6 Å². The lowest BCUT2D eigenvalue weighted by molar-refractivity contribution is -0.123. The third kappa shape index (κ3) is 3.36. The van der Waals surface area contributed by atoms with E-state index < -0.39 is 0 Å². The van der Waals surface area contributed by atoms with E-state index in [0.717, 1.165) is 5.56 Å². The number of likely N-dealkylation sites (N-methyl/N-ethyl adjacent to an activating group) is 1. The second-order valence-electron chi connectivity index (χ2n) is 3.65. The molecule has 1 rings (SSSR count). The summed E-state index contributed by atoms with van der Waals surface area (Å²) in [4.78, 5) is 11.6. The predicted molar refractivity (Wildman–Crippen MR) is 61.5 cm³/mol. The van der Waals surface area contributed by atoms with Crippen LogP contribution >= 0.6 is 0 Å². The summed E-state index contributed by atoms with van der Waals surface area (Å²) in [6.45, 7) is 3.82. The Hall–Kier alpha value is -1.35. The standard InChI is InChI=1S/C12H18N2O/c1-9(11-7-5-4-6-8-11)14-12(15)10(2)13-3/h4-10,13H,1-3H3,(H,14,15)/t9-,10?/m0/s1. The van der Waals surface area contributed by atoms with Crippen molar-refractivity contribution in [1.29, 1.82) is 0 Å². The van der Waals surface area contributed by atoms with Gasteiger partial charge in [-0.15, -0.1) is 0 Å². The number of rotatable bonds is 4. The van der Waals surface area contributed by atoms with Crippen LogP contribution in [0.1, 0.15) is 25.5 Å². The van der Waals surface area contributed by atoms with Crippen molar-refractivity contribution in [2.45, 2.75) is 25.9 Å². The molecule has 15 heavy (non-hydrogen) atoms. The largest absolute Gasteiger partial charge is 0.348 e. The average molecular weight is 206 g/mol. The maximum atomic E-state index is 11.6. The third-order valence-corrected chi connectivity index (χ3v) is 2.48. The Morgan fingerprint density at radius 2 is 1.80 bits per heavy atom. The Kier molecular flexibility index (Phi) is 4.31. The van der Waals surface area contributed by atoms with Crippen LogP contribution in [-0.2, 0) is 4.79 Å². The highest BCUT2D eigenvalue weighted by molar-refractivity contribution is 5.81. The summed E-state index contributed by atoms with van der Waals surface area (Å²) in [6.07, 6.45) is 0. The molecule has 1 amide bonds. The number of amides is 1. The molecule has 0 aliphatic heterocycles. The Morgan fingerprint density at radius 1 is 1.20 bits per heavy atom. The molecule has 2 atom stereocenters. The van der Waals surface area contributed by atoms with E-state index in [1.165, 1.54) is 0 Å². The molecular weight excluding hydrogens is 188 g/mol.